The molecule has 1 aliphatic heterocycles. The van der Waals surface area contributed by atoms with E-state index in [1.807, 2.05) is 49.4 Å². The van der Waals surface area contributed by atoms with Crippen LogP contribution < -0.4 is 4.74 Å². The van der Waals surface area contributed by atoms with Crippen molar-refractivity contribution in [1.29, 1.82) is 0 Å². The van der Waals surface area contributed by atoms with Gasteiger partial charge in [0.1, 0.15) is 6.10 Å². The van der Waals surface area contributed by atoms with E-state index in [-0.39, 0.29) is 6.10 Å². The second-order valence-electron chi connectivity index (χ2n) is 5.76. The van der Waals surface area contributed by atoms with Gasteiger partial charge in [-0.25, -0.2) is 13.4 Å². The number of hydrogen-bond acceptors (Lipinski definition) is 4. The Morgan fingerprint density at radius 2 is 1.96 bits per heavy atom. The third-order valence-corrected chi connectivity index (χ3v) is 5.38. The van der Waals surface area contributed by atoms with Crippen molar-refractivity contribution in [2.75, 3.05) is 13.1 Å². The van der Waals surface area contributed by atoms with Gasteiger partial charge in [-0.3, -0.25) is 0 Å². The van der Waals surface area contributed by atoms with Gasteiger partial charge in [-0.05, 0) is 31.1 Å². The van der Waals surface area contributed by atoms with E-state index in [1.165, 1.54) is 9.71 Å². The fourth-order valence-electron chi connectivity index (χ4n) is 2.59. The summed E-state index contributed by atoms with van der Waals surface area (Å²) in [6, 6.07) is 14.9. The van der Waals surface area contributed by atoms with E-state index < -0.39 is 10.0 Å². The maximum absolute atomic E-state index is 12.4. The lowest BCUT2D eigenvalue weighted by molar-refractivity contribution is 0.207. The van der Waals surface area contributed by atoms with Crippen LogP contribution in [0.1, 0.15) is 17.7 Å². The second kappa shape index (κ2) is 7.15. The molecule has 0 bridgehead atoms. The van der Waals surface area contributed by atoms with Crippen molar-refractivity contribution >= 4 is 16.1 Å². The van der Waals surface area contributed by atoms with Crippen molar-refractivity contribution in [3.8, 4) is 5.88 Å². The van der Waals surface area contributed by atoms with Crippen molar-refractivity contribution in [3.05, 3.63) is 65.2 Å². The first-order valence-corrected chi connectivity index (χ1v) is 9.37. The van der Waals surface area contributed by atoms with Crippen LogP contribution in [-0.2, 0) is 10.0 Å². The van der Waals surface area contributed by atoms with E-state index in [9.17, 15) is 8.42 Å². The Kier molecular flexibility index (Phi) is 4.97. The van der Waals surface area contributed by atoms with Crippen molar-refractivity contribution in [1.82, 2.24) is 9.29 Å². The molecule has 1 fully saturated rings. The highest BCUT2D eigenvalue weighted by Crippen LogP contribution is 2.20. The third-order valence-electron chi connectivity index (χ3n) is 3.85. The minimum atomic E-state index is -3.44. The van der Waals surface area contributed by atoms with E-state index in [2.05, 4.69) is 4.98 Å². The standard InChI is InChI=1S/C18H20N2O3S/c1-15-6-5-9-18(19-15)23-17-10-12-20(14-17)24(21,22)13-11-16-7-3-2-4-8-16/h2-9,11,13,17H,10,12,14H2,1H3/b13-11+. The molecule has 1 aromatic carbocycles. The van der Waals surface area contributed by atoms with Crippen LogP contribution >= 0.6 is 0 Å². The van der Waals surface area contributed by atoms with Gasteiger partial charge < -0.3 is 4.74 Å². The molecule has 0 aliphatic carbocycles. The molecule has 0 N–H and O–H groups in total. The Hall–Kier alpha value is -2.18. The van der Waals surface area contributed by atoms with Crippen molar-refractivity contribution < 1.29 is 13.2 Å². The summed E-state index contributed by atoms with van der Waals surface area (Å²) in [7, 11) is -3.44. The van der Waals surface area contributed by atoms with Crippen molar-refractivity contribution in [2.45, 2.75) is 19.4 Å². The Morgan fingerprint density at radius 3 is 2.71 bits per heavy atom. The minimum Gasteiger partial charge on any atom is -0.473 e. The summed E-state index contributed by atoms with van der Waals surface area (Å²) in [6.45, 7) is 2.70. The number of benzene rings is 1. The molecule has 3 rings (SSSR count). The predicted molar refractivity (Wildman–Crippen MR) is 94.0 cm³/mol. The lowest BCUT2D eigenvalue weighted by Gasteiger charge is -2.15. The molecule has 1 aliphatic rings. The lowest BCUT2D eigenvalue weighted by atomic mass is 10.2. The van der Waals surface area contributed by atoms with Gasteiger partial charge in [0.15, 0.2) is 0 Å². The molecular weight excluding hydrogens is 324 g/mol. The average Bonchev–Trinajstić information content (AvgIpc) is 3.03. The van der Waals surface area contributed by atoms with Crippen LogP contribution in [-0.4, -0.2) is 36.9 Å². The van der Waals surface area contributed by atoms with Gasteiger partial charge >= 0.3 is 0 Å². The molecule has 0 saturated carbocycles. The molecule has 0 radical (unpaired) electrons. The monoisotopic (exact) mass is 344 g/mol. The van der Waals surface area contributed by atoms with Gasteiger partial charge in [0.25, 0.3) is 0 Å². The SMILES string of the molecule is Cc1cccc(OC2CCN(S(=O)(=O)/C=C/c3ccccc3)C2)n1. The molecule has 0 spiro atoms. The van der Waals surface area contributed by atoms with Crippen LogP contribution in [0.15, 0.2) is 53.9 Å². The summed E-state index contributed by atoms with van der Waals surface area (Å²) < 4.78 is 32.1. The van der Waals surface area contributed by atoms with Crippen LogP contribution in [0.5, 0.6) is 5.88 Å². The van der Waals surface area contributed by atoms with Gasteiger partial charge in [0.05, 0.1) is 6.54 Å². The maximum Gasteiger partial charge on any atom is 0.236 e. The van der Waals surface area contributed by atoms with E-state index >= 15 is 0 Å². The average molecular weight is 344 g/mol. The van der Waals surface area contributed by atoms with E-state index in [1.54, 1.807) is 12.1 Å². The van der Waals surface area contributed by atoms with Crippen molar-refractivity contribution in [2.24, 2.45) is 0 Å². The van der Waals surface area contributed by atoms with E-state index in [4.69, 9.17) is 4.74 Å². The summed E-state index contributed by atoms with van der Waals surface area (Å²) in [6.07, 6.45) is 2.11. The zero-order valence-corrected chi connectivity index (χ0v) is 14.3. The first kappa shape index (κ1) is 16.7. The number of hydrogen-bond donors (Lipinski definition) is 0. The van der Waals surface area contributed by atoms with Gasteiger partial charge in [-0.1, -0.05) is 36.4 Å². The molecular formula is C18H20N2O3S. The smallest absolute Gasteiger partial charge is 0.236 e. The van der Waals surface area contributed by atoms with Gasteiger partial charge in [-0.2, -0.15) is 4.31 Å². The van der Waals surface area contributed by atoms with E-state index in [0.717, 1.165) is 11.3 Å². The summed E-state index contributed by atoms with van der Waals surface area (Å²) in [5, 5.41) is 1.26. The fourth-order valence-corrected chi connectivity index (χ4v) is 3.83. The molecule has 2 heterocycles. The minimum absolute atomic E-state index is 0.167. The first-order valence-electron chi connectivity index (χ1n) is 7.86. The number of pyridine rings is 1. The number of nitrogens with zero attached hydrogens (tertiary/aromatic N) is 2. The number of aryl methyl sites for hydroxylation is 1. The molecule has 0 amide bonds. The van der Waals surface area contributed by atoms with Gasteiger partial charge in [0, 0.05) is 23.7 Å². The Balaban J connectivity index is 1.63. The molecule has 1 aromatic heterocycles. The second-order valence-corrected chi connectivity index (χ2v) is 7.58. The normalized spacial score (nSPS) is 19.0. The number of sulfonamides is 1. The Labute approximate surface area is 142 Å². The van der Waals surface area contributed by atoms with E-state index in [0.29, 0.717) is 25.4 Å². The zero-order chi connectivity index (χ0) is 17.0. The highest BCUT2D eigenvalue weighted by Gasteiger charge is 2.31. The summed E-state index contributed by atoms with van der Waals surface area (Å²) in [5.74, 6) is 0.541. The molecule has 1 saturated heterocycles. The largest absolute Gasteiger partial charge is 0.473 e. The number of rotatable bonds is 5. The third kappa shape index (κ3) is 4.21. The van der Waals surface area contributed by atoms with Gasteiger partial charge in [0.2, 0.25) is 15.9 Å². The van der Waals surface area contributed by atoms with Crippen molar-refractivity contribution in [3.63, 3.8) is 0 Å². The summed E-state index contributed by atoms with van der Waals surface area (Å²) in [5.41, 5.74) is 1.73. The summed E-state index contributed by atoms with van der Waals surface area (Å²) >= 11 is 0. The molecule has 126 valence electrons. The van der Waals surface area contributed by atoms with Crippen LogP contribution in [0.2, 0.25) is 0 Å². The Bertz CT molecular complexity index is 819. The van der Waals surface area contributed by atoms with Gasteiger partial charge in [-0.15, -0.1) is 0 Å². The maximum atomic E-state index is 12.4. The van der Waals surface area contributed by atoms with Crippen LogP contribution in [0.25, 0.3) is 6.08 Å². The first-order chi connectivity index (χ1) is 11.5. The molecule has 1 unspecified atom stereocenters. The molecule has 5 nitrogen and oxygen atoms in total. The quantitative estimate of drug-likeness (QED) is 0.837. The number of aromatic nitrogens is 1. The summed E-state index contributed by atoms with van der Waals surface area (Å²) in [4.78, 5) is 4.30. The zero-order valence-electron chi connectivity index (χ0n) is 13.5. The number of ether oxygens (including phenoxy) is 1. The molecule has 1 atom stereocenters. The molecule has 2 aromatic rings. The lowest BCUT2D eigenvalue weighted by Crippen LogP contribution is -2.29. The topological polar surface area (TPSA) is 59.5 Å². The predicted octanol–water partition coefficient (Wildman–Crippen LogP) is 2.84. The van der Waals surface area contributed by atoms with Crippen LogP contribution in [0.3, 0.4) is 0 Å². The Morgan fingerprint density at radius 1 is 1.17 bits per heavy atom. The highest BCUT2D eigenvalue weighted by atomic mass is 32.2. The molecule has 6 heteroatoms. The highest BCUT2D eigenvalue weighted by molar-refractivity contribution is 7.92. The van der Waals surface area contributed by atoms with Crippen LogP contribution in [0, 0.1) is 6.92 Å². The fraction of sp³-hybridized carbons (Fsp3) is 0.278. The molecule has 24 heavy (non-hydrogen) atoms. The van der Waals surface area contributed by atoms with Crippen LogP contribution in [0.4, 0.5) is 0 Å².